The summed E-state index contributed by atoms with van der Waals surface area (Å²) in [6.07, 6.45) is -4.50. The molecule has 0 saturated carbocycles. The molecule has 0 radical (unpaired) electrons. The molecule has 0 aromatic heterocycles. The molecule has 2 N–H and O–H groups in total. The lowest BCUT2D eigenvalue weighted by molar-refractivity contribution is -0.184. The monoisotopic (exact) mass is 424 g/mol. The van der Waals surface area contributed by atoms with Crippen molar-refractivity contribution in [3.8, 4) is 0 Å². The van der Waals surface area contributed by atoms with Crippen LogP contribution in [0.15, 0.2) is 54.6 Å². The van der Waals surface area contributed by atoms with E-state index in [0.717, 1.165) is 16.5 Å². The number of nitrogens with zero attached hydrogens (tertiary/aromatic N) is 1. The van der Waals surface area contributed by atoms with Gasteiger partial charge in [0.1, 0.15) is 5.41 Å². The van der Waals surface area contributed by atoms with Gasteiger partial charge in [-0.1, -0.05) is 41.4 Å². The van der Waals surface area contributed by atoms with Crippen LogP contribution >= 0.6 is 23.2 Å². The van der Waals surface area contributed by atoms with Crippen LogP contribution in [-0.2, 0) is 5.41 Å². The summed E-state index contributed by atoms with van der Waals surface area (Å²) in [5, 5.41) is 2.18. The average molecular weight is 425 g/mol. The smallest absolute Gasteiger partial charge is 0.398 e. The standard InChI is InChI=1S/C21H17Cl2F3N2/c22-15-9-14(10-16(23)11-15)20(21(24,25)26)6-7-28(12-20)17-4-5-18-13(8-17)2-1-3-19(18)27/h1-5,8-11H,6-7,12,27H2. The number of alkyl halides is 3. The highest BCUT2D eigenvalue weighted by atomic mass is 35.5. The van der Waals surface area contributed by atoms with Gasteiger partial charge in [0.25, 0.3) is 0 Å². The Morgan fingerprint density at radius 3 is 2.36 bits per heavy atom. The third-order valence-electron chi connectivity index (χ3n) is 5.49. The number of fused-ring (bicyclic) bond motifs is 1. The molecule has 146 valence electrons. The Bertz CT molecular complexity index is 1030. The summed E-state index contributed by atoms with van der Waals surface area (Å²) in [5.41, 5.74) is 5.43. The molecule has 1 heterocycles. The van der Waals surface area contributed by atoms with Gasteiger partial charge in [-0.15, -0.1) is 0 Å². The first-order valence-corrected chi connectivity index (χ1v) is 9.52. The number of anilines is 2. The lowest BCUT2D eigenvalue weighted by atomic mass is 9.79. The van der Waals surface area contributed by atoms with Gasteiger partial charge in [-0.3, -0.25) is 0 Å². The van der Waals surface area contributed by atoms with Gasteiger partial charge in [-0.05, 0) is 53.8 Å². The molecule has 1 aliphatic heterocycles. The Balaban J connectivity index is 1.75. The summed E-state index contributed by atoms with van der Waals surface area (Å²) in [5.74, 6) is 0. The van der Waals surface area contributed by atoms with Crippen LogP contribution in [-0.4, -0.2) is 19.3 Å². The van der Waals surface area contributed by atoms with E-state index >= 15 is 0 Å². The minimum absolute atomic E-state index is 0.0673. The SMILES string of the molecule is Nc1cccc2cc(N3CCC(c4cc(Cl)cc(Cl)c4)(C(F)(F)F)C3)ccc12. The van der Waals surface area contributed by atoms with E-state index < -0.39 is 11.6 Å². The highest BCUT2D eigenvalue weighted by molar-refractivity contribution is 6.34. The number of benzene rings is 3. The predicted octanol–water partition coefficient (Wildman–Crippen LogP) is 6.44. The van der Waals surface area contributed by atoms with E-state index in [0.29, 0.717) is 5.69 Å². The molecule has 1 unspecified atom stereocenters. The van der Waals surface area contributed by atoms with Crippen molar-refractivity contribution in [2.75, 3.05) is 23.7 Å². The number of hydrogen-bond acceptors (Lipinski definition) is 2. The van der Waals surface area contributed by atoms with E-state index in [-0.39, 0.29) is 35.1 Å². The molecular formula is C21H17Cl2F3N2. The summed E-state index contributed by atoms with van der Waals surface area (Å²) in [7, 11) is 0. The van der Waals surface area contributed by atoms with Crippen LogP contribution in [0, 0.1) is 0 Å². The molecule has 3 aromatic rings. The largest absolute Gasteiger partial charge is 0.400 e. The van der Waals surface area contributed by atoms with E-state index in [1.807, 2.05) is 30.3 Å². The van der Waals surface area contributed by atoms with E-state index in [4.69, 9.17) is 28.9 Å². The zero-order valence-electron chi connectivity index (χ0n) is 14.7. The maximum atomic E-state index is 14.2. The van der Waals surface area contributed by atoms with Gasteiger partial charge in [0.05, 0.1) is 0 Å². The summed E-state index contributed by atoms with van der Waals surface area (Å²) < 4.78 is 42.7. The number of nitrogens with two attached hydrogens (primary N) is 1. The molecule has 2 nitrogen and oxygen atoms in total. The summed E-state index contributed by atoms with van der Waals surface area (Å²) in [6.45, 7) is 0.0818. The van der Waals surface area contributed by atoms with Crippen molar-refractivity contribution in [2.45, 2.75) is 18.0 Å². The van der Waals surface area contributed by atoms with Crippen molar-refractivity contribution >= 4 is 45.3 Å². The minimum Gasteiger partial charge on any atom is -0.398 e. The molecule has 1 fully saturated rings. The lowest BCUT2D eigenvalue weighted by Gasteiger charge is -2.33. The minimum atomic E-state index is -4.43. The van der Waals surface area contributed by atoms with Gasteiger partial charge < -0.3 is 10.6 Å². The third-order valence-corrected chi connectivity index (χ3v) is 5.93. The van der Waals surface area contributed by atoms with Crippen LogP contribution in [0.3, 0.4) is 0 Å². The van der Waals surface area contributed by atoms with Crippen LogP contribution in [0.25, 0.3) is 10.8 Å². The molecule has 1 saturated heterocycles. The lowest BCUT2D eigenvalue weighted by Crippen LogP contribution is -2.44. The highest BCUT2D eigenvalue weighted by Crippen LogP contribution is 2.49. The van der Waals surface area contributed by atoms with Gasteiger partial charge in [0, 0.05) is 39.9 Å². The highest BCUT2D eigenvalue weighted by Gasteiger charge is 2.59. The second-order valence-corrected chi connectivity index (χ2v) is 8.04. The molecule has 1 atom stereocenters. The molecule has 1 aliphatic rings. The van der Waals surface area contributed by atoms with Gasteiger partial charge in [-0.2, -0.15) is 13.2 Å². The van der Waals surface area contributed by atoms with Gasteiger partial charge in [0.2, 0.25) is 0 Å². The topological polar surface area (TPSA) is 29.3 Å². The molecular weight excluding hydrogens is 408 g/mol. The fraction of sp³-hybridized carbons (Fsp3) is 0.238. The van der Waals surface area contributed by atoms with Crippen LogP contribution in [0.1, 0.15) is 12.0 Å². The molecule has 0 spiro atoms. The Morgan fingerprint density at radius 2 is 1.68 bits per heavy atom. The van der Waals surface area contributed by atoms with Crippen molar-refractivity contribution in [1.29, 1.82) is 0 Å². The zero-order chi connectivity index (χ0) is 20.1. The Hall–Kier alpha value is -2.11. The van der Waals surface area contributed by atoms with Crippen molar-refractivity contribution in [2.24, 2.45) is 0 Å². The van der Waals surface area contributed by atoms with Crippen LogP contribution in [0.4, 0.5) is 24.5 Å². The summed E-state index contributed by atoms with van der Waals surface area (Å²) >= 11 is 12.0. The number of nitrogen functional groups attached to an aromatic ring is 1. The number of halogens is 5. The average Bonchev–Trinajstić information content (AvgIpc) is 3.07. The second-order valence-electron chi connectivity index (χ2n) is 7.16. The van der Waals surface area contributed by atoms with E-state index in [2.05, 4.69) is 0 Å². The quantitative estimate of drug-likeness (QED) is 0.479. The summed E-state index contributed by atoms with van der Waals surface area (Å²) in [6, 6.07) is 15.3. The fourth-order valence-electron chi connectivity index (χ4n) is 3.98. The molecule has 0 bridgehead atoms. The number of rotatable bonds is 2. The van der Waals surface area contributed by atoms with Crippen molar-refractivity contribution < 1.29 is 13.2 Å². The summed E-state index contributed by atoms with van der Waals surface area (Å²) in [4.78, 5) is 1.75. The maximum Gasteiger partial charge on any atom is 0.400 e. The number of hydrogen-bond donors (Lipinski definition) is 1. The van der Waals surface area contributed by atoms with Gasteiger partial charge >= 0.3 is 6.18 Å². The van der Waals surface area contributed by atoms with Crippen LogP contribution in [0.5, 0.6) is 0 Å². The predicted molar refractivity (Wildman–Crippen MR) is 109 cm³/mol. The van der Waals surface area contributed by atoms with Crippen molar-refractivity contribution in [3.63, 3.8) is 0 Å². The van der Waals surface area contributed by atoms with Crippen molar-refractivity contribution in [3.05, 3.63) is 70.2 Å². The molecule has 3 aromatic carbocycles. The van der Waals surface area contributed by atoms with E-state index in [1.165, 1.54) is 18.2 Å². The molecule has 0 amide bonds. The molecule has 28 heavy (non-hydrogen) atoms. The molecule has 7 heteroatoms. The van der Waals surface area contributed by atoms with Gasteiger partial charge in [0.15, 0.2) is 0 Å². The normalized spacial score (nSPS) is 20.1. The van der Waals surface area contributed by atoms with Crippen molar-refractivity contribution in [1.82, 2.24) is 0 Å². The Morgan fingerprint density at radius 1 is 0.964 bits per heavy atom. The van der Waals surface area contributed by atoms with E-state index in [1.54, 1.807) is 11.0 Å². The fourth-order valence-corrected chi connectivity index (χ4v) is 4.51. The van der Waals surface area contributed by atoms with Gasteiger partial charge in [-0.25, -0.2) is 0 Å². The zero-order valence-corrected chi connectivity index (χ0v) is 16.2. The third kappa shape index (κ3) is 3.16. The Kier molecular flexibility index (Phi) is 4.63. The molecule has 4 rings (SSSR count). The first kappa shape index (κ1) is 19.2. The molecule has 0 aliphatic carbocycles. The maximum absolute atomic E-state index is 14.2. The second kappa shape index (κ2) is 6.75. The first-order valence-electron chi connectivity index (χ1n) is 8.76. The first-order chi connectivity index (χ1) is 13.2. The van der Waals surface area contributed by atoms with Crippen LogP contribution < -0.4 is 10.6 Å². The van der Waals surface area contributed by atoms with Crippen LogP contribution in [0.2, 0.25) is 10.0 Å². The van der Waals surface area contributed by atoms with E-state index in [9.17, 15) is 13.2 Å². The Labute approximate surface area is 170 Å².